The van der Waals surface area contributed by atoms with Crippen molar-refractivity contribution in [2.75, 3.05) is 6.54 Å². The van der Waals surface area contributed by atoms with Gasteiger partial charge in [0.15, 0.2) is 5.96 Å². The van der Waals surface area contributed by atoms with Gasteiger partial charge in [-0.15, -0.1) is 0 Å². The Balaban J connectivity index is 4.21. The first-order valence-electron chi connectivity index (χ1n) is 6.83. The predicted molar refractivity (Wildman–Crippen MR) is 83.9 cm³/mol. The van der Waals surface area contributed by atoms with Crippen LogP contribution in [0.3, 0.4) is 0 Å². The zero-order valence-corrected chi connectivity index (χ0v) is 12.6. The lowest BCUT2D eigenvalue weighted by atomic mass is 9.86. The van der Waals surface area contributed by atoms with Crippen LogP contribution in [-0.4, -0.2) is 65.8 Å². The van der Waals surface area contributed by atoms with E-state index in [1.165, 1.54) is 20.5 Å². The fourth-order valence-electron chi connectivity index (χ4n) is 1.60. The maximum atomic E-state index is 11.0. The molecule has 0 saturated heterocycles. The van der Waals surface area contributed by atoms with Gasteiger partial charge in [0.2, 0.25) is 0 Å². The second kappa shape index (κ2) is 10.5. The average Bonchev–Trinajstić information content (AvgIpc) is 2.30. The average molecular weight is 300 g/mol. The molecule has 0 heterocycles. The van der Waals surface area contributed by atoms with E-state index in [4.69, 9.17) is 10.1 Å². The van der Waals surface area contributed by atoms with Crippen LogP contribution in [0.15, 0.2) is 4.90 Å². The lowest BCUT2D eigenvalue weighted by molar-refractivity contribution is -0.139. The van der Waals surface area contributed by atoms with Crippen LogP contribution >= 0.6 is 0 Å². The molecule has 0 amide bonds. The first-order valence-corrected chi connectivity index (χ1v) is 6.83. The standard InChI is InChI=1S/C9H23B3N4O5/c1-10(19)14-7(8(17)18)5-4-6-13-9(15-11(2)20)16-12(3)21/h7,14,19-21H,4-6H2,1-3H3,(H,17,18)(H2,13,15,16). The summed E-state index contributed by atoms with van der Waals surface area (Å²) in [6.07, 6.45) is 0.806. The third-order valence-corrected chi connectivity index (χ3v) is 2.36. The van der Waals surface area contributed by atoms with Crippen molar-refractivity contribution in [3.8, 4) is 0 Å². The molecule has 0 fully saturated rings. The number of carboxylic acid groups (broad SMARTS) is 1. The van der Waals surface area contributed by atoms with E-state index in [9.17, 15) is 14.8 Å². The summed E-state index contributed by atoms with van der Waals surface area (Å²) in [5.41, 5.74) is 0. The van der Waals surface area contributed by atoms with Crippen LogP contribution < -0.4 is 15.8 Å². The topological polar surface area (TPSA) is 146 Å². The second-order valence-corrected chi connectivity index (χ2v) is 4.73. The normalized spacial score (nSPS) is 12.6. The molecule has 1 unspecified atom stereocenters. The molecule has 9 nitrogen and oxygen atoms in total. The van der Waals surface area contributed by atoms with Gasteiger partial charge in [0.1, 0.15) is 0 Å². The zero-order valence-electron chi connectivity index (χ0n) is 12.6. The fourth-order valence-corrected chi connectivity index (χ4v) is 1.60. The molecular formula is C9H23B3N4O5. The van der Waals surface area contributed by atoms with Crippen LogP contribution in [0.1, 0.15) is 12.8 Å². The molecule has 0 saturated carbocycles. The molecule has 0 aromatic rings. The monoisotopic (exact) mass is 300 g/mol. The highest BCUT2D eigenvalue weighted by molar-refractivity contribution is 6.52. The Morgan fingerprint density at radius 2 is 1.81 bits per heavy atom. The summed E-state index contributed by atoms with van der Waals surface area (Å²) >= 11 is 0. The minimum absolute atomic E-state index is 0.232. The molecular weight excluding hydrogens is 277 g/mol. The molecule has 0 aromatic carbocycles. The van der Waals surface area contributed by atoms with Gasteiger partial charge >= 0.3 is 27.1 Å². The van der Waals surface area contributed by atoms with E-state index >= 15 is 0 Å². The van der Waals surface area contributed by atoms with E-state index < -0.39 is 33.2 Å². The first-order chi connectivity index (χ1) is 9.72. The highest BCUT2D eigenvalue weighted by atomic mass is 16.4. The van der Waals surface area contributed by atoms with Gasteiger partial charge in [-0.25, -0.2) is 0 Å². The third kappa shape index (κ3) is 11.1. The smallest absolute Gasteiger partial charge is 0.431 e. The molecule has 0 aromatic heterocycles. The van der Waals surface area contributed by atoms with Crippen molar-refractivity contribution < 1.29 is 25.0 Å². The van der Waals surface area contributed by atoms with Crippen LogP contribution in [-0.2, 0) is 4.79 Å². The number of carboxylic acids is 1. The van der Waals surface area contributed by atoms with E-state index in [2.05, 4.69) is 20.7 Å². The van der Waals surface area contributed by atoms with Gasteiger partial charge in [-0.3, -0.25) is 9.70 Å². The van der Waals surface area contributed by atoms with Crippen LogP contribution in [0.2, 0.25) is 20.5 Å². The van der Waals surface area contributed by atoms with Gasteiger partial charge in [-0.1, -0.05) is 0 Å². The minimum atomic E-state index is -1.03. The van der Waals surface area contributed by atoms with Gasteiger partial charge < -0.3 is 36.0 Å². The number of nitrogens with zero attached hydrogens (tertiary/aromatic N) is 1. The Kier molecular flexibility index (Phi) is 9.88. The number of carbonyl (C=O) groups is 1. The Morgan fingerprint density at radius 1 is 1.19 bits per heavy atom. The molecule has 0 spiro atoms. The van der Waals surface area contributed by atoms with Crippen LogP contribution in [0.5, 0.6) is 0 Å². The SMILES string of the molecule is CB(O)/N=C(/NCCCC(NB(C)O)C(=O)O)NB(C)O. The van der Waals surface area contributed by atoms with Crippen molar-refractivity contribution in [1.82, 2.24) is 15.8 Å². The summed E-state index contributed by atoms with van der Waals surface area (Å²) in [5, 5.41) is 44.5. The number of hydrogen-bond donors (Lipinski definition) is 7. The maximum absolute atomic E-state index is 11.0. The number of nitrogens with one attached hydrogen (secondary N) is 3. The summed E-state index contributed by atoms with van der Waals surface area (Å²) in [4.78, 5) is 14.8. The fraction of sp³-hybridized carbons (Fsp3) is 0.778. The van der Waals surface area contributed by atoms with Crippen LogP contribution in [0.4, 0.5) is 0 Å². The molecule has 0 radical (unpaired) electrons. The Hall–Kier alpha value is -1.23. The van der Waals surface area contributed by atoms with Crippen molar-refractivity contribution in [3.63, 3.8) is 0 Å². The Morgan fingerprint density at radius 3 is 2.24 bits per heavy atom. The molecule has 0 rings (SSSR count). The summed E-state index contributed by atoms with van der Waals surface area (Å²) in [6, 6.07) is -0.839. The van der Waals surface area contributed by atoms with Crippen molar-refractivity contribution in [2.24, 2.45) is 4.90 Å². The minimum Gasteiger partial charge on any atom is -0.480 e. The molecule has 0 aliphatic carbocycles. The van der Waals surface area contributed by atoms with E-state index in [0.29, 0.717) is 19.4 Å². The van der Waals surface area contributed by atoms with E-state index in [1.54, 1.807) is 0 Å². The van der Waals surface area contributed by atoms with E-state index in [0.717, 1.165) is 0 Å². The first kappa shape index (κ1) is 19.8. The molecule has 12 heteroatoms. The zero-order chi connectivity index (χ0) is 16.4. The molecule has 7 N–H and O–H groups in total. The molecule has 1 atom stereocenters. The quantitative estimate of drug-likeness (QED) is 0.109. The number of hydrogen-bond acceptors (Lipinski definition) is 6. The van der Waals surface area contributed by atoms with E-state index in [-0.39, 0.29) is 5.96 Å². The van der Waals surface area contributed by atoms with Crippen molar-refractivity contribution >= 4 is 33.1 Å². The van der Waals surface area contributed by atoms with Gasteiger partial charge in [0.25, 0.3) is 0 Å². The summed E-state index contributed by atoms with van der Waals surface area (Å²) in [7, 11) is -2.66. The summed E-state index contributed by atoms with van der Waals surface area (Å²) in [6.45, 7) is 4.83. The van der Waals surface area contributed by atoms with Crippen molar-refractivity contribution in [2.45, 2.75) is 39.4 Å². The van der Waals surface area contributed by atoms with Crippen molar-refractivity contribution in [1.29, 1.82) is 0 Å². The highest BCUT2D eigenvalue weighted by Crippen LogP contribution is 1.97. The molecule has 118 valence electrons. The van der Waals surface area contributed by atoms with Gasteiger partial charge in [0.05, 0.1) is 6.04 Å². The lowest BCUT2D eigenvalue weighted by Crippen LogP contribution is -2.47. The number of rotatable bonds is 9. The molecule has 0 bridgehead atoms. The van der Waals surface area contributed by atoms with E-state index in [1.807, 2.05) is 0 Å². The Bertz CT molecular complexity index is 343. The molecule has 21 heavy (non-hydrogen) atoms. The number of guanidine groups is 1. The van der Waals surface area contributed by atoms with Gasteiger partial charge in [-0.05, 0) is 33.3 Å². The molecule has 0 aliphatic rings. The van der Waals surface area contributed by atoms with Gasteiger partial charge in [0, 0.05) is 6.54 Å². The largest absolute Gasteiger partial charge is 0.480 e. The summed E-state index contributed by atoms with van der Waals surface area (Å²) in [5.74, 6) is -0.800. The summed E-state index contributed by atoms with van der Waals surface area (Å²) < 4.78 is 0. The molecule has 0 aliphatic heterocycles. The maximum Gasteiger partial charge on any atom is 0.431 e. The lowest BCUT2D eigenvalue weighted by Gasteiger charge is -2.16. The van der Waals surface area contributed by atoms with Crippen molar-refractivity contribution in [3.05, 3.63) is 0 Å². The highest BCUT2D eigenvalue weighted by Gasteiger charge is 2.19. The van der Waals surface area contributed by atoms with Gasteiger partial charge in [-0.2, -0.15) is 0 Å². The van der Waals surface area contributed by atoms with Crippen LogP contribution in [0, 0.1) is 0 Å². The van der Waals surface area contributed by atoms with Crippen LogP contribution in [0.25, 0.3) is 0 Å². The number of aliphatic carboxylic acids is 1. The Labute approximate surface area is 125 Å². The second-order valence-electron chi connectivity index (χ2n) is 4.73. The predicted octanol–water partition coefficient (Wildman–Crippen LogP) is -2.32. The third-order valence-electron chi connectivity index (χ3n) is 2.36.